The SMILES string of the molecule is O=C1CCCCCC(=Cc2ccccc2)C1=Cc1ccccc1. The van der Waals surface area contributed by atoms with Crippen molar-refractivity contribution in [2.24, 2.45) is 0 Å². The van der Waals surface area contributed by atoms with Crippen LogP contribution in [-0.2, 0) is 4.79 Å². The molecule has 0 unspecified atom stereocenters. The van der Waals surface area contributed by atoms with Gasteiger partial charge in [-0.15, -0.1) is 0 Å². The summed E-state index contributed by atoms with van der Waals surface area (Å²) in [7, 11) is 0. The molecule has 0 N–H and O–H groups in total. The molecule has 0 aromatic heterocycles. The third-order valence-electron chi connectivity index (χ3n) is 4.25. The Balaban J connectivity index is 2.02. The van der Waals surface area contributed by atoms with Crippen LogP contribution in [0.5, 0.6) is 0 Å². The number of hydrogen-bond donors (Lipinski definition) is 0. The molecule has 0 heterocycles. The molecule has 1 nitrogen and oxygen atoms in total. The van der Waals surface area contributed by atoms with Gasteiger partial charge in [0, 0.05) is 12.0 Å². The van der Waals surface area contributed by atoms with E-state index in [9.17, 15) is 4.79 Å². The molecular weight excluding hydrogens is 280 g/mol. The van der Waals surface area contributed by atoms with Gasteiger partial charge in [-0.2, -0.15) is 0 Å². The second-order valence-corrected chi connectivity index (χ2v) is 6.03. The second kappa shape index (κ2) is 7.73. The zero-order valence-electron chi connectivity index (χ0n) is 13.4. The minimum Gasteiger partial charge on any atom is -0.294 e. The lowest BCUT2D eigenvalue weighted by Crippen LogP contribution is -2.08. The van der Waals surface area contributed by atoms with Crippen molar-refractivity contribution in [1.82, 2.24) is 0 Å². The van der Waals surface area contributed by atoms with E-state index in [1.54, 1.807) is 0 Å². The van der Waals surface area contributed by atoms with Gasteiger partial charge < -0.3 is 0 Å². The van der Waals surface area contributed by atoms with Gasteiger partial charge in [0.2, 0.25) is 0 Å². The summed E-state index contributed by atoms with van der Waals surface area (Å²) in [6.45, 7) is 0. The van der Waals surface area contributed by atoms with Crippen LogP contribution in [0.25, 0.3) is 12.2 Å². The fraction of sp³-hybridized carbons (Fsp3) is 0.227. The van der Waals surface area contributed by atoms with Gasteiger partial charge in [-0.25, -0.2) is 0 Å². The van der Waals surface area contributed by atoms with Crippen molar-refractivity contribution in [1.29, 1.82) is 0 Å². The van der Waals surface area contributed by atoms with Gasteiger partial charge in [0.05, 0.1) is 0 Å². The summed E-state index contributed by atoms with van der Waals surface area (Å²) in [4.78, 5) is 12.7. The monoisotopic (exact) mass is 302 g/mol. The van der Waals surface area contributed by atoms with Crippen molar-refractivity contribution in [2.45, 2.75) is 32.1 Å². The van der Waals surface area contributed by atoms with E-state index in [0.717, 1.165) is 42.4 Å². The summed E-state index contributed by atoms with van der Waals surface area (Å²) in [5, 5.41) is 0. The fourth-order valence-corrected chi connectivity index (χ4v) is 3.02. The van der Waals surface area contributed by atoms with E-state index in [1.807, 2.05) is 36.4 Å². The summed E-state index contributed by atoms with van der Waals surface area (Å²) < 4.78 is 0. The average Bonchev–Trinajstić information content (AvgIpc) is 2.59. The molecule has 0 atom stereocenters. The van der Waals surface area contributed by atoms with E-state index in [0.29, 0.717) is 6.42 Å². The molecule has 0 saturated heterocycles. The third-order valence-corrected chi connectivity index (χ3v) is 4.25. The van der Waals surface area contributed by atoms with Crippen LogP contribution in [0, 0.1) is 0 Å². The molecule has 116 valence electrons. The maximum absolute atomic E-state index is 12.7. The molecule has 23 heavy (non-hydrogen) atoms. The van der Waals surface area contributed by atoms with E-state index >= 15 is 0 Å². The predicted octanol–water partition coefficient (Wildman–Crippen LogP) is 5.69. The predicted molar refractivity (Wildman–Crippen MR) is 96.9 cm³/mol. The molecule has 1 saturated carbocycles. The molecule has 0 aliphatic heterocycles. The molecule has 1 aliphatic rings. The van der Waals surface area contributed by atoms with Crippen molar-refractivity contribution in [3.05, 3.63) is 82.9 Å². The van der Waals surface area contributed by atoms with E-state index < -0.39 is 0 Å². The lowest BCUT2D eigenvalue weighted by atomic mass is 9.88. The lowest BCUT2D eigenvalue weighted by Gasteiger charge is -2.16. The third kappa shape index (κ3) is 4.29. The van der Waals surface area contributed by atoms with Gasteiger partial charge in [-0.1, -0.05) is 73.2 Å². The maximum atomic E-state index is 12.7. The number of Topliss-reactive ketones (excluding diaryl/α,β-unsaturated/α-hetero) is 1. The number of carbonyl (C=O) groups excluding carboxylic acids is 1. The van der Waals surface area contributed by atoms with Crippen LogP contribution < -0.4 is 0 Å². The normalized spacial score (nSPS) is 19.6. The molecule has 1 fully saturated rings. The minimum atomic E-state index is 0.274. The van der Waals surface area contributed by atoms with Gasteiger partial charge in [0.1, 0.15) is 0 Å². The van der Waals surface area contributed by atoms with Gasteiger partial charge in [0.25, 0.3) is 0 Å². The van der Waals surface area contributed by atoms with E-state index in [4.69, 9.17) is 0 Å². The van der Waals surface area contributed by atoms with Gasteiger partial charge >= 0.3 is 0 Å². The summed E-state index contributed by atoms with van der Waals surface area (Å²) in [5.74, 6) is 0.274. The summed E-state index contributed by atoms with van der Waals surface area (Å²) in [6.07, 6.45) is 9.16. The highest BCUT2D eigenvalue weighted by molar-refractivity contribution is 6.04. The van der Waals surface area contributed by atoms with E-state index in [-0.39, 0.29) is 5.78 Å². The second-order valence-electron chi connectivity index (χ2n) is 6.03. The average molecular weight is 302 g/mol. The highest BCUT2D eigenvalue weighted by Gasteiger charge is 2.17. The molecule has 0 radical (unpaired) electrons. The van der Waals surface area contributed by atoms with Crippen LogP contribution in [0.15, 0.2) is 71.8 Å². The quantitative estimate of drug-likeness (QED) is 0.652. The Kier molecular flexibility index (Phi) is 5.21. The number of carbonyl (C=O) groups is 1. The van der Waals surface area contributed by atoms with Crippen LogP contribution >= 0.6 is 0 Å². The van der Waals surface area contributed by atoms with Crippen molar-refractivity contribution < 1.29 is 4.79 Å². The largest absolute Gasteiger partial charge is 0.294 e. The number of hydrogen-bond acceptors (Lipinski definition) is 1. The van der Waals surface area contributed by atoms with Gasteiger partial charge in [-0.05, 0) is 42.0 Å². The van der Waals surface area contributed by atoms with Crippen LogP contribution in [0.2, 0.25) is 0 Å². The summed E-state index contributed by atoms with van der Waals surface area (Å²) in [6, 6.07) is 20.4. The van der Waals surface area contributed by atoms with Crippen molar-refractivity contribution in [3.63, 3.8) is 0 Å². The molecule has 0 spiro atoms. The number of rotatable bonds is 2. The van der Waals surface area contributed by atoms with Crippen molar-refractivity contribution in [3.8, 4) is 0 Å². The topological polar surface area (TPSA) is 17.1 Å². The first-order valence-corrected chi connectivity index (χ1v) is 8.39. The Hall–Kier alpha value is -2.41. The first-order chi connectivity index (χ1) is 11.3. The molecule has 0 bridgehead atoms. The summed E-state index contributed by atoms with van der Waals surface area (Å²) >= 11 is 0. The first kappa shape index (κ1) is 15.5. The number of allylic oxidation sites excluding steroid dienone is 2. The minimum absolute atomic E-state index is 0.274. The Morgan fingerprint density at radius 1 is 0.652 bits per heavy atom. The zero-order valence-corrected chi connectivity index (χ0v) is 13.4. The van der Waals surface area contributed by atoms with Crippen LogP contribution in [0.3, 0.4) is 0 Å². The molecule has 2 aromatic carbocycles. The van der Waals surface area contributed by atoms with Crippen LogP contribution in [0.4, 0.5) is 0 Å². The number of benzene rings is 2. The van der Waals surface area contributed by atoms with Crippen molar-refractivity contribution >= 4 is 17.9 Å². The zero-order chi connectivity index (χ0) is 15.9. The molecule has 2 aromatic rings. The molecule has 0 amide bonds. The lowest BCUT2D eigenvalue weighted by molar-refractivity contribution is -0.115. The Morgan fingerprint density at radius 2 is 1.22 bits per heavy atom. The van der Waals surface area contributed by atoms with E-state index in [2.05, 4.69) is 36.4 Å². The maximum Gasteiger partial charge on any atom is 0.163 e. The molecule has 1 aliphatic carbocycles. The van der Waals surface area contributed by atoms with Crippen LogP contribution in [0.1, 0.15) is 43.2 Å². The molecule has 1 heteroatoms. The first-order valence-electron chi connectivity index (χ1n) is 8.39. The highest BCUT2D eigenvalue weighted by Crippen LogP contribution is 2.28. The fourth-order valence-electron chi connectivity index (χ4n) is 3.02. The Bertz CT molecular complexity index is 708. The summed E-state index contributed by atoms with van der Waals surface area (Å²) in [5.41, 5.74) is 4.31. The Morgan fingerprint density at radius 3 is 1.87 bits per heavy atom. The van der Waals surface area contributed by atoms with Crippen LogP contribution in [-0.4, -0.2) is 5.78 Å². The molecular formula is C22H22O. The standard InChI is InChI=1S/C22H22O/c23-22-15-9-3-8-14-20(16-18-10-4-1-5-11-18)21(22)17-19-12-6-2-7-13-19/h1-2,4-7,10-13,16-17H,3,8-9,14-15H2. The highest BCUT2D eigenvalue weighted by atomic mass is 16.1. The van der Waals surface area contributed by atoms with Gasteiger partial charge in [0.15, 0.2) is 5.78 Å². The smallest absolute Gasteiger partial charge is 0.163 e. The van der Waals surface area contributed by atoms with E-state index in [1.165, 1.54) is 5.57 Å². The number of ketones is 1. The Labute approximate surface area is 138 Å². The van der Waals surface area contributed by atoms with Crippen molar-refractivity contribution in [2.75, 3.05) is 0 Å². The van der Waals surface area contributed by atoms with Gasteiger partial charge in [-0.3, -0.25) is 4.79 Å². The molecule has 3 rings (SSSR count).